The first-order valence-corrected chi connectivity index (χ1v) is 14.7. The van der Waals surface area contributed by atoms with Gasteiger partial charge in [0.05, 0.1) is 45.7 Å². The first-order valence-electron chi connectivity index (χ1n) is 14.3. The molecule has 3 aliphatic rings. The van der Waals surface area contributed by atoms with Gasteiger partial charge < -0.3 is 33.7 Å². The number of nitrogens with zero attached hydrogens (tertiary/aromatic N) is 1. The number of morpholine rings is 1. The van der Waals surface area contributed by atoms with Crippen molar-refractivity contribution in [2.45, 2.75) is 69.6 Å². The lowest BCUT2D eigenvalue weighted by Gasteiger charge is -2.43. The van der Waals surface area contributed by atoms with Crippen LogP contribution in [0, 0.1) is 0 Å². The number of hydrogen-bond donors (Lipinski definition) is 1. The van der Waals surface area contributed by atoms with Gasteiger partial charge in [-0.15, -0.1) is 0 Å². The molecule has 1 saturated carbocycles. The highest BCUT2D eigenvalue weighted by molar-refractivity contribution is 6.30. The average molecular weight is 589 g/mol. The van der Waals surface area contributed by atoms with Gasteiger partial charge in [0.25, 0.3) is 5.91 Å². The van der Waals surface area contributed by atoms with Crippen molar-refractivity contribution in [2.24, 2.45) is 0 Å². The van der Waals surface area contributed by atoms with Gasteiger partial charge in [-0.25, -0.2) is 0 Å². The SMILES string of the molecule is COc1cccc(CO[C@]2(C(=O)NCCN3CCOCC3)CC(OCc3cccc(Cl)c3)[C@@H]3OC(C)(C)O[C@@H]3C2)c1. The zero-order valence-corrected chi connectivity index (χ0v) is 24.9. The van der Waals surface area contributed by atoms with E-state index in [1.54, 1.807) is 7.11 Å². The minimum absolute atomic E-state index is 0.170. The fourth-order valence-corrected chi connectivity index (χ4v) is 6.05. The third-order valence-electron chi connectivity index (χ3n) is 7.88. The van der Waals surface area contributed by atoms with Crippen LogP contribution in [0.15, 0.2) is 48.5 Å². The predicted octanol–water partition coefficient (Wildman–Crippen LogP) is 3.95. The van der Waals surface area contributed by atoms with E-state index < -0.39 is 17.5 Å². The minimum atomic E-state index is -1.18. The van der Waals surface area contributed by atoms with Crippen molar-refractivity contribution < 1.29 is 33.2 Å². The van der Waals surface area contributed by atoms with Crippen molar-refractivity contribution in [3.8, 4) is 5.75 Å². The van der Waals surface area contributed by atoms with Gasteiger partial charge in [0.15, 0.2) is 11.4 Å². The molecule has 0 aromatic heterocycles. The van der Waals surface area contributed by atoms with Crippen molar-refractivity contribution in [3.05, 3.63) is 64.7 Å². The molecule has 224 valence electrons. The number of rotatable bonds is 11. The van der Waals surface area contributed by atoms with Crippen molar-refractivity contribution >= 4 is 17.5 Å². The van der Waals surface area contributed by atoms with Gasteiger partial charge in [-0.05, 0) is 49.2 Å². The number of carbonyl (C=O) groups excluding carboxylic acids is 1. The summed E-state index contributed by atoms with van der Waals surface area (Å²) in [5, 5.41) is 3.80. The van der Waals surface area contributed by atoms with E-state index in [2.05, 4.69) is 10.2 Å². The largest absolute Gasteiger partial charge is 0.497 e. The van der Waals surface area contributed by atoms with E-state index in [1.165, 1.54) is 0 Å². The van der Waals surface area contributed by atoms with E-state index in [9.17, 15) is 4.79 Å². The van der Waals surface area contributed by atoms with E-state index in [1.807, 2.05) is 62.4 Å². The van der Waals surface area contributed by atoms with E-state index in [4.69, 9.17) is 40.0 Å². The lowest BCUT2D eigenvalue weighted by atomic mass is 9.78. The number of ether oxygens (including phenoxy) is 6. The van der Waals surface area contributed by atoms with Crippen LogP contribution in [0.3, 0.4) is 0 Å². The summed E-state index contributed by atoms with van der Waals surface area (Å²) in [6, 6.07) is 15.2. The third kappa shape index (κ3) is 7.78. The molecule has 2 aromatic rings. The minimum Gasteiger partial charge on any atom is -0.497 e. The highest BCUT2D eigenvalue weighted by Gasteiger charge is 2.58. The van der Waals surface area contributed by atoms with E-state index in [0.717, 1.165) is 36.5 Å². The standard InChI is InChI=1S/C31H41ClN2O7/c1-30(2)40-27-19-31(39-21-23-7-5-9-25(17-23)36-3,29(35)33-10-11-34-12-14-37-15-13-34)18-26(28(27)41-30)38-20-22-6-4-8-24(32)16-22/h4-9,16-17,26-28H,10-15,18-21H2,1-3H3,(H,33,35)/t26?,27-,28+,31-/m1/s1. The van der Waals surface area contributed by atoms with Crippen LogP contribution in [0.25, 0.3) is 0 Å². The second kappa shape index (κ2) is 13.4. The third-order valence-corrected chi connectivity index (χ3v) is 8.12. The molecule has 0 bridgehead atoms. The Labute approximate surface area is 247 Å². The Morgan fingerprint density at radius 1 is 1.05 bits per heavy atom. The first kappa shape index (κ1) is 30.2. The lowest BCUT2D eigenvalue weighted by molar-refractivity contribution is -0.183. The van der Waals surface area contributed by atoms with Crippen LogP contribution in [-0.2, 0) is 41.7 Å². The highest BCUT2D eigenvalue weighted by atomic mass is 35.5. The number of carbonyl (C=O) groups is 1. The molecule has 2 heterocycles. The summed E-state index contributed by atoms with van der Waals surface area (Å²) >= 11 is 6.21. The van der Waals surface area contributed by atoms with Crippen LogP contribution >= 0.6 is 11.6 Å². The summed E-state index contributed by atoms with van der Waals surface area (Å²) in [7, 11) is 1.63. The number of methoxy groups -OCH3 is 1. The van der Waals surface area contributed by atoms with Gasteiger partial charge >= 0.3 is 0 Å². The molecule has 0 spiro atoms. The van der Waals surface area contributed by atoms with Crippen LogP contribution in [0.5, 0.6) is 5.75 Å². The molecule has 5 rings (SSSR count). The number of halogens is 1. The van der Waals surface area contributed by atoms with Gasteiger partial charge in [0, 0.05) is 44.0 Å². The topological polar surface area (TPSA) is 87.7 Å². The molecule has 2 aromatic carbocycles. The summed E-state index contributed by atoms with van der Waals surface area (Å²) in [5.74, 6) is -0.240. The van der Waals surface area contributed by atoms with E-state index in [-0.39, 0.29) is 24.7 Å². The summed E-state index contributed by atoms with van der Waals surface area (Å²) in [4.78, 5) is 16.3. The maximum absolute atomic E-state index is 14.0. The Hall–Kier alpha value is -2.24. The number of nitrogens with one attached hydrogen (secondary N) is 1. The van der Waals surface area contributed by atoms with Gasteiger partial charge in [0.1, 0.15) is 11.9 Å². The maximum Gasteiger partial charge on any atom is 0.252 e. The van der Waals surface area contributed by atoms with Crippen molar-refractivity contribution in [1.82, 2.24) is 10.2 Å². The lowest BCUT2D eigenvalue weighted by Crippen LogP contribution is -2.60. The summed E-state index contributed by atoms with van der Waals surface area (Å²) in [6.07, 6.45) is -0.477. The Kier molecular flexibility index (Phi) is 9.86. The molecule has 41 heavy (non-hydrogen) atoms. The Morgan fingerprint density at radius 3 is 2.56 bits per heavy atom. The summed E-state index contributed by atoms with van der Waals surface area (Å²) in [5.41, 5.74) is 0.667. The zero-order chi connectivity index (χ0) is 28.9. The van der Waals surface area contributed by atoms with Crippen molar-refractivity contribution in [3.63, 3.8) is 0 Å². The molecular weight excluding hydrogens is 548 g/mol. The monoisotopic (exact) mass is 588 g/mol. The fraction of sp³-hybridized carbons (Fsp3) is 0.581. The fourth-order valence-electron chi connectivity index (χ4n) is 5.84. The Morgan fingerprint density at radius 2 is 1.80 bits per heavy atom. The maximum atomic E-state index is 14.0. The Bertz CT molecular complexity index is 1170. The smallest absolute Gasteiger partial charge is 0.252 e. The molecule has 2 aliphatic heterocycles. The van der Waals surface area contributed by atoms with Crippen LogP contribution in [0.2, 0.25) is 5.02 Å². The normalized spacial score (nSPS) is 27.8. The number of amides is 1. The second-order valence-electron chi connectivity index (χ2n) is 11.4. The zero-order valence-electron chi connectivity index (χ0n) is 24.1. The Balaban J connectivity index is 1.36. The molecule has 2 saturated heterocycles. The van der Waals surface area contributed by atoms with Crippen LogP contribution < -0.4 is 10.1 Å². The van der Waals surface area contributed by atoms with Crippen LogP contribution in [0.1, 0.15) is 37.8 Å². The van der Waals surface area contributed by atoms with Crippen LogP contribution in [-0.4, -0.2) is 87.0 Å². The predicted molar refractivity (Wildman–Crippen MR) is 154 cm³/mol. The number of benzene rings is 2. The second-order valence-corrected chi connectivity index (χ2v) is 11.8. The van der Waals surface area contributed by atoms with Gasteiger partial charge in [-0.3, -0.25) is 9.69 Å². The molecule has 9 nitrogen and oxygen atoms in total. The van der Waals surface area contributed by atoms with E-state index in [0.29, 0.717) is 44.2 Å². The van der Waals surface area contributed by atoms with E-state index >= 15 is 0 Å². The van der Waals surface area contributed by atoms with Gasteiger partial charge in [-0.2, -0.15) is 0 Å². The van der Waals surface area contributed by atoms with Crippen molar-refractivity contribution in [1.29, 1.82) is 0 Å². The van der Waals surface area contributed by atoms with Gasteiger partial charge in [0.2, 0.25) is 0 Å². The number of fused-ring (bicyclic) bond motifs is 1. The molecule has 1 aliphatic carbocycles. The molecule has 3 fully saturated rings. The molecule has 1 amide bonds. The molecule has 0 radical (unpaired) electrons. The average Bonchev–Trinajstić information content (AvgIpc) is 3.29. The molecule has 10 heteroatoms. The van der Waals surface area contributed by atoms with Crippen LogP contribution in [0.4, 0.5) is 0 Å². The first-order chi connectivity index (χ1) is 19.7. The molecule has 4 atom stereocenters. The van der Waals surface area contributed by atoms with Gasteiger partial charge in [-0.1, -0.05) is 35.9 Å². The molecule has 1 N–H and O–H groups in total. The van der Waals surface area contributed by atoms with Crippen molar-refractivity contribution in [2.75, 3.05) is 46.5 Å². The summed E-state index contributed by atoms with van der Waals surface area (Å²) < 4.78 is 36.5. The molecule has 1 unspecified atom stereocenters. The highest BCUT2D eigenvalue weighted by Crippen LogP contribution is 2.44. The quantitative estimate of drug-likeness (QED) is 0.422. The molecular formula is C31H41ClN2O7. The number of hydrogen-bond acceptors (Lipinski definition) is 8. The summed E-state index contributed by atoms with van der Waals surface area (Å²) in [6.45, 7) is 8.73.